The fourth-order valence-electron chi connectivity index (χ4n) is 2.56. The summed E-state index contributed by atoms with van der Waals surface area (Å²) in [5, 5.41) is 15.7. The Morgan fingerprint density at radius 3 is 2.62 bits per heavy atom. The number of nitrogens with zero attached hydrogens (tertiary/aromatic N) is 2. The number of benzene rings is 3. The minimum Gasteiger partial charge on any atom is -0.493 e. The predicted molar refractivity (Wildman–Crippen MR) is 113 cm³/mol. The molecule has 0 unspecified atom stereocenters. The minimum atomic E-state index is -0.466. The molecule has 8 heteroatoms. The van der Waals surface area contributed by atoms with Crippen LogP contribution in [0.5, 0.6) is 11.5 Å². The Balaban J connectivity index is 1.69. The molecule has 0 saturated heterocycles. The molecule has 0 aliphatic carbocycles. The van der Waals surface area contributed by atoms with E-state index in [1.165, 1.54) is 12.3 Å². The summed E-state index contributed by atoms with van der Waals surface area (Å²) in [6.45, 7) is 0.308. The van der Waals surface area contributed by atoms with Gasteiger partial charge in [0, 0.05) is 16.7 Å². The second-order valence-electron chi connectivity index (χ2n) is 5.93. The average molecular weight is 412 g/mol. The zero-order valence-corrected chi connectivity index (χ0v) is 16.3. The van der Waals surface area contributed by atoms with Crippen LogP contribution in [0.15, 0.2) is 71.8 Å². The van der Waals surface area contributed by atoms with Crippen LogP contribution in [0.3, 0.4) is 0 Å². The first-order valence-electron chi connectivity index (χ1n) is 8.65. The molecule has 0 radical (unpaired) electrons. The summed E-state index contributed by atoms with van der Waals surface area (Å²) in [6.07, 6.45) is 1.54. The van der Waals surface area contributed by atoms with Crippen molar-refractivity contribution >= 4 is 29.2 Å². The third-order valence-corrected chi connectivity index (χ3v) is 4.40. The molecule has 0 fully saturated rings. The number of nitro groups is 1. The second-order valence-corrected chi connectivity index (χ2v) is 6.34. The molecule has 0 atom stereocenters. The molecule has 0 aliphatic heterocycles. The van der Waals surface area contributed by atoms with Crippen molar-refractivity contribution in [3.8, 4) is 11.5 Å². The minimum absolute atomic E-state index is 0.0504. The Hall–Kier alpha value is -3.58. The number of hydrogen-bond donors (Lipinski definition) is 1. The SMILES string of the molecule is COc1cc(/C=N/Nc2ccccc2[N+](=O)[O-])ccc1OCc1ccccc1Cl. The molecule has 3 aromatic rings. The topological polar surface area (TPSA) is 86.0 Å². The molecule has 0 bridgehead atoms. The molecule has 0 amide bonds. The second kappa shape index (κ2) is 9.57. The highest BCUT2D eigenvalue weighted by atomic mass is 35.5. The van der Waals surface area contributed by atoms with Gasteiger partial charge in [-0.05, 0) is 35.9 Å². The Morgan fingerprint density at radius 1 is 1.10 bits per heavy atom. The van der Waals surface area contributed by atoms with Crippen LogP contribution >= 0.6 is 11.6 Å². The molecular weight excluding hydrogens is 394 g/mol. The zero-order valence-electron chi connectivity index (χ0n) is 15.5. The van der Waals surface area contributed by atoms with E-state index in [2.05, 4.69) is 10.5 Å². The maximum Gasteiger partial charge on any atom is 0.294 e. The summed E-state index contributed by atoms with van der Waals surface area (Å²) in [5.74, 6) is 1.10. The van der Waals surface area contributed by atoms with Crippen molar-refractivity contribution in [2.24, 2.45) is 5.10 Å². The van der Waals surface area contributed by atoms with Crippen molar-refractivity contribution in [2.75, 3.05) is 12.5 Å². The van der Waals surface area contributed by atoms with E-state index in [-0.39, 0.29) is 5.69 Å². The Kier molecular flexibility index (Phi) is 6.65. The van der Waals surface area contributed by atoms with Gasteiger partial charge < -0.3 is 9.47 Å². The lowest BCUT2D eigenvalue weighted by molar-refractivity contribution is -0.384. The summed E-state index contributed by atoms with van der Waals surface area (Å²) in [4.78, 5) is 10.6. The molecule has 1 N–H and O–H groups in total. The number of halogens is 1. The van der Waals surface area contributed by atoms with E-state index < -0.39 is 4.92 Å². The van der Waals surface area contributed by atoms with Gasteiger partial charge in [0.2, 0.25) is 0 Å². The van der Waals surface area contributed by atoms with E-state index in [1.807, 2.05) is 18.2 Å². The number of methoxy groups -OCH3 is 1. The van der Waals surface area contributed by atoms with E-state index >= 15 is 0 Å². The van der Waals surface area contributed by atoms with Crippen LogP contribution in [0.2, 0.25) is 5.02 Å². The van der Waals surface area contributed by atoms with Crippen molar-refractivity contribution < 1.29 is 14.4 Å². The van der Waals surface area contributed by atoms with Crippen LogP contribution < -0.4 is 14.9 Å². The predicted octanol–water partition coefficient (Wildman–Crippen LogP) is 5.28. The van der Waals surface area contributed by atoms with Gasteiger partial charge in [0.1, 0.15) is 12.3 Å². The number of ether oxygens (including phenoxy) is 2. The van der Waals surface area contributed by atoms with Crippen molar-refractivity contribution in [1.82, 2.24) is 0 Å². The number of anilines is 1. The molecule has 7 nitrogen and oxygen atoms in total. The first-order valence-corrected chi connectivity index (χ1v) is 9.03. The maximum atomic E-state index is 11.0. The van der Waals surface area contributed by atoms with Crippen LogP contribution in [-0.4, -0.2) is 18.2 Å². The fourth-order valence-corrected chi connectivity index (χ4v) is 2.75. The standard InChI is InChI=1S/C21H18ClN3O4/c1-28-21-12-15(13-23-24-18-8-4-5-9-19(18)25(26)27)10-11-20(21)29-14-16-6-2-3-7-17(16)22/h2-13,24H,14H2,1H3/b23-13+. The largest absolute Gasteiger partial charge is 0.493 e. The van der Waals surface area contributed by atoms with Gasteiger partial charge >= 0.3 is 0 Å². The summed E-state index contributed by atoms with van der Waals surface area (Å²) in [5.41, 5.74) is 4.55. The molecule has 0 aliphatic rings. The van der Waals surface area contributed by atoms with Gasteiger partial charge in [-0.3, -0.25) is 15.5 Å². The number of hydrazone groups is 1. The normalized spacial score (nSPS) is 10.7. The Morgan fingerprint density at radius 2 is 1.86 bits per heavy atom. The Labute approximate surface area is 172 Å². The summed E-state index contributed by atoms with van der Waals surface area (Å²) < 4.78 is 11.2. The van der Waals surface area contributed by atoms with E-state index in [9.17, 15) is 10.1 Å². The number of nitrogens with one attached hydrogen (secondary N) is 1. The first-order chi connectivity index (χ1) is 14.1. The smallest absolute Gasteiger partial charge is 0.294 e. The van der Waals surface area contributed by atoms with Gasteiger partial charge in [-0.2, -0.15) is 5.10 Å². The average Bonchev–Trinajstić information content (AvgIpc) is 2.74. The highest BCUT2D eigenvalue weighted by Crippen LogP contribution is 2.29. The van der Waals surface area contributed by atoms with Crippen molar-refractivity contribution in [3.63, 3.8) is 0 Å². The van der Waals surface area contributed by atoms with Gasteiger partial charge in [-0.15, -0.1) is 0 Å². The molecular formula is C21H18ClN3O4. The molecule has 148 valence electrons. The number of rotatable bonds is 8. The van der Waals surface area contributed by atoms with E-state index in [0.717, 1.165) is 11.1 Å². The third-order valence-electron chi connectivity index (χ3n) is 4.03. The van der Waals surface area contributed by atoms with Gasteiger partial charge in [-0.1, -0.05) is 41.9 Å². The summed E-state index contributed by atoms with van der Waals surface area (Å²) >= 11 is 6.15. The molecule has 0 aromatic heterocycles. The molecule has 3 aromatic carbocycles. The van der Waals surface area contributed by atoms with Crippen LogP contribution in [0, 0.1) is 10.1 Å². The van der Waals surface area contributed by atoms with Crippen molar-refractivity contribution in [1.29, 1.82) is 0 Å². The van der Waals surface area contributed by atoms with Gasteiger partial charge in [-0.25, -0.2) is 0 Å². The fraction of sp³-hybridized carbons (Fsp3) is 0.0952. The molecule has 0 heterocycles. The monoisotopic (exact) mass is 411 g/mol. The van der Waals surface area contributed by atoms with Gasteiger partial charge in [0.05, 0.1) is 18.2 Å². The molecule has 0 saturated carbocycles. The lowest BCUT2D eigenvalue weighted by Gasteiger charge is -2.12. The lowest BCUT2D eigenvalue weighted by atomic mass is 10.2. The maximum absolute atomic E-state index is 11.0. The van der Waals surface area contributed by atoms with Crippen molar-refractivity contribution in [3.05, 3.63) is 93.0 Å². The number of nitro benzene ring substituents is 1. The van der Waals surface area contributed by atoms with E-state index in [4.69, 9.17) is 21.1 Å². The molecule has 3 rings (SSSR count). The van der Waals surface area contributed by atoms with Crippen molar-refractivity contribution in [2.45, 2.75) is 6.61 Å². The van der Waals surface area contributed by atoms with E-state index in [1.54, 1.807) is 49.6 Å². The summed E-state index contributed by atoms with van der Waals surface area (Å²) in [7, 11) is 1.55. The number of para-hydroxylation sites is 2. The summed E-state index contributed by atoms with van der Waals surface area (Å²) in [6, 6.07) is 19.1. The lowest BCUT2D eigenvalue weighted by Crippen LogP contribution is -1.99. The van der Waals surface area contributed by atoms with Gasteiger partial charge in [0.15, 0.2) is 11.5 Å². The van der Waals surface area contributed by atoms with Crippen LogP contribution in [0.25, 0.3) is 0 Å². The van der Waals surface area contributed by atoms with Crippen LogP contribution in [-0.2, 0) is 6.61 Å². The highest BCUT2D eigenvalue weighted by Gasteiger charge is 2.11. The van der Waals surface area contributed by atoms with Gasteiger partial charge in [0.25, 0.3) is 5.69 Å². The molecule has 29 heavy (non-hydrogen) atoms. The molecule has 0 spiro atoms. The number of hydrogen-bond acceptors (Lipinski definition) is 6. The third kappa shape index (κ3) is 5.24. The Bertz CT molecular complexity index is 1040. The van der Waals surface area contributed by atoms with Crippen LogP contribution in [0.4, 0.5) is 11.4 Å². The zero-order chi connectivity index (χ0) is 20.6. The first kappa shape index (κ1) is 20.2. The highest BCUT2D eigenvalue weighted by molar-refractivity contribution is 6.31. The van der Waals surface area contributed by atoms with E-state index in [0.29, 0.717) is 28.8 Å². The van der Waals surface area contributed by atoms with Crippen LogP contribution in [0.1, 0.15) is 11.1 Å². The quantitative estimate of drug-likeness (QED) is 0.309.